The zero-order valence-electron chi connectivity index (χ0n) is 10.7. The number of aryl methyl sites for hydroxylation is 1. The minimum Gasteiger partial charge on any atom is -0.481 e. The van der Waals surface area contributed by atoms with E-state index < -0.39 is 5.97 Å². The molecule has 0 fully saturated rings. The van der Waals surface area contributed by atoms with Crippen molar-refractivity contribution in [2.75, 3.05) is 13.1 Å². The maximum Gasteiger partial charge on any atom is 0.303 e. The number of carbonyl (C=O) groups excluding carboxylic acids is 1. The molecule has 0 aromatic heterocycles. The van der Waals surface area contributed by atoms with E-state index in [0.29, 0.717) is 13.0 Å². The van der Waals surface area contributed by atoms with Gasteiger partial charge in [-0.2, -0.15) is 0 Å². The Morgan fingerprint density at radius 3 is 2.74 bits per heavy atom. The molecule has 2 N–H and O–H groups in total. The molecule has 1 aromatic rings. The smallest absolute Gasteiger partial charge is 0.303 e. The van der Waals surface area contributed by atoms with E-state index in [2.05, 4.69) is 21.2 Å². The van der Waals surface area contributed by atoms with Gasteiger partial charge in [0.05, 0.1) is 0 Å². The van der Waals surface area contributed by atoms with Gasteiger partial charge in [-0.15, -0.1) is 0 Å². The molecule has 0 saturated heterocycles. The van der Waals surface area contributed by atoms with Crippen LogP contribution < -0.4 is 5.32 Å². The molecule has 19 heavy (non-hydrogen) atoms. The van der Waals surface area contributed by atoms with E-state index in [9.17, 15) is 9.59 Å². The largest absolute Gasteiger partial charge is 0.481 e. The molecule has 0 atom stereocenters. The number of nitrogens with one attached hydrogen (secondary N) is 1. The van der Waals surface area contributed by atoms with E-state index in [-0.39, 0.29) is 6.42 Å². The molecule has 0 bridgehead atoms. The Labute approximate surface area is 121 Å². The van der Waals surface area contributed by atoms with Gasteiger partial charge in [0, 0.05) is 16.5 Å². The topological polar surface area (TPSA) is 66.4 Å². The summed E-state index contributed by atoms with van der Waals surface area (Å²) in [5.74, 6) is -0.757. The maximum atomic E-state index is 10.9. The van der Waals surface area contributed by atoms with Crippen LogP contribution in [0.3, 0.4) is 0 Å². The van der Waals surface area contributed by atoms with Crippen molar-refractivity contribution in [3.63, 3.8) is 0 Å². The summed E-state index contributed by atoms with van der Waals surface area (Å²) >= 11 is 3.34. The van der Waals surface area contributed by atoms with Gasteiger partial charge in [0.25, 0.3) is 0 Å². The van der Waals surface area contributed by atoms with Crippen LogP contribution in [-0.4, -0.2) is 30.5 Å². The summed E-state index contributed by atoms with van der Waals surface area (Å²) in [5.41, 5.74) is 1.77. The lowest BCUT2D eigenvalue weighted by Crippen LogP contribution is -2.18. The van der Waals surface area contributed by atoms with E-state index >= 15 is 0 Å². The highest BCUT2D eigenvalue weighted by Gasteiger charge is 2.02. The average molecular weight is 328 g/mol. The van der Waals surface area contributed by atoms with E-state index in [1.54, 1.807) is 0 Å². The van der Waals surface area contributed by atoms with Crippen LogP contribution >= 0.6 is 15.9 Å². The normalized spacial score (nSPS) is 10.4. The minimum absolute atomic E-state index is 0.203. The van der Waals surface area contributed by atoms with Gasteiger partial charge in [-0.3, -0.25) is 9.59 Å². The third-order valence-electron chi connectivity index (χ3n) is 2.78. The Balaban J connectivity index is 2.22. The second-order valence-corrected chi connectivity index (χ2v) is 5.23. The molecule has 0 spiro atoms. The van der Waals surface area contributed by atoms with Crippen molar-refractivity contribution in [3.8, 4) is 0 Å². The Morgan fingerprint density at radius 1 is 1.32 bits per heavy atom. The van der Waals surface area contributed by atoms with Crippen LogP contribution in [0.25, 0.3) is 0 Å². The molecule has 4 nitrogen and oxygen atoms in total. The van der Waals surface area contributed by atoms with Gasteiger partial charge in [-0.1, -0.05) is 22.0 Å². The second-order valence-electron chi connectivity index (χ2n) is 4.31. The summed E-state index contributed by atoms with van der Waals surface area (Å²) in [5, 5.41) is 11.7. The Kier molecular flexibility index (Phi) is 7.36. The van der Waals surface area contributed by atoms with Gasteiger partial charge in [-0.25, -0.2) is 0 Å². The number of carboxylic acid groups (broad SMARTS) is 1. The first-order valence-electron chi connectivity index (χ1n) is 6.29. The lowest BCUT2D eigenvalue weighted by Gasteiger charge is -2.06. The van der Waals surface area contributed by atoms with Crippen LogP contribution in [-0.2, 0) is 11.2 Å². The van der Waals surface area contributed by atoms with Crippen molar-refractivity contribution >= 4 is 28.2 Å². The molecular weight excluding hydrogens is 310 g/mol. The molecular formula is C14H18BrNO3. The molecule has 0 aliphatic heterocycles. The number of hydrogen-bond acceptors (Lipinski definition) is 3. The Bertz CT molecular complexity index is 435. The summed E-state index contributed by atoms with van der Waals surface area (Å²) in [4.78, 5) is 21.2. The highest BCUT2D eigenvalue weighted by Crippen LogP contribution is 2.16. The van der Waals surface area contributed by atoms with Crippen molar-refractivity contribution in [2.45, 2.75) is 25.7 Å². The summed E-state index contributed by atoms with van der Waals surface area (Å²) < 4.78 is 0.908. The summed E-state index contributed by atoms with van der Waals surface area (Å²) in [7, 11) is 0. The van der Waals surface area contributed by atoms with Gasteiger partial charge >= 0.3 is 5.97 Å². The van der Waals surface area contributed by atoms with Gasteiger partial charge in [0.15, 0.2) is 0 Å². The first-order valence-corrected chi connectivity index (χ1v) is 7.09. The molecule has 0 radical (unpaired) electrons. The molecule has 0 saturated carbocycles. The van der Waals surface area contributed by atoms with E-state index in [0.717, 1.165) is 41.3 Å². The number of benzene rings is 1. The molecule has 1 rings (SSSR count). The molecule has 0 aliphatic rings. The van der Waals surface area contributed by atoms with Crippen LogP contribution in [0, 0.1) is 0 Å². The second kappa shape index (κ2) is 8.82. The quantitative estimate of drug-likeness (QED) is 0.540. The molecule has 0 heterocycles. The third kappa shape index (κ3) is 6.50. The van der Waals surface area contributed by atoms with Crippen molar-refractivity contribution in [3.05, 3.63) is 33.8 Å². The zero-order valence-corrected chi connectivity index (χ0v) is 12.3. The van der Waals surface area contributed by atoms with Crippen LogP contribution in [0.5, 0.6) is 0 Å². The number of aldehydes is 1. The molecule has 104 valence electrons. The van der Waals surface area contributed by atoms with Crippen molar-refractivity contribution in [2.24, 2.45) is 0 Å². The third-order valence-corrected chi connectivity index (χ3v) is 3.27. The highest BCUT2D eigenvalue weighted by atomic mass is 79.9. The zero-order chi connectivity index (χ0) is 14.1. The van der Waals surface area contributed by atoms with Gasteiger partial charge < -0.3 is 10.4 Å². The predicted molar refractivity (Wildman–Crippen MR) is 77.6 cm³/mol. The number of rotatable bonds is 9. The van der Waals surface area contributed by atoms with Gasteiger partial charge in [0.2, 0.25) is 0 Å². The fraction of sp³-hybridized carbons (Fsp3) is 0.429. The van der Waals surface area contributed by atoms with Gasteiger partial charge in [-0.05, 0) is 50.0 Å². The summed E-state index contributed by atoms with van der Waals surface area (Å²) in [6.45, 7) is 1.54. The SMILES string of the molecule is O=Cc1cc(Br)ccc1CCCNCCCC(=O)O. The van der Waals surface area contributed by atoms with Crippen molar-refractivity contribution in [1.29, 1.82) is 0 Å². The average Bonchev–Trinajstić information content (AvgIpc) is 2.38. The van der Waals surface area contributed by atoms with Crippen LogP contribution in [0.1, 0.15) is 35.2 Å². The summed E-state index contributed by atoms with van der Waals surface area (Å²) in [6, 6.07) is 5.71. The molecule has 5 heteroatoms. The van der Waals surface area contributed by atoms with Crippen molar-refractivity contribution in [1.82, 2.24) is 5.32 Å². The van der Waals surface area contributed by atoms with Gasteiger partial charge in [0.1, 0.15) is 6.29 Å². The number of hydrogen-bond donors (Lipinski definition) is 2. The molecule has 0 amide bonds. The maximum absolute atomic E-state index is 10.9. The Morgan fingerprint density at radius 2 is 2.05 bits per heavy atom. The first-order chi connectivity index (χ1) is 9.13. The predicted octanol–water partition coefficient (Wildman–Crippen LogP) is 2.65. The number of carbonyl (C=O) groups is 2. The standard InChI is InChI=1S/C14H18BrNO3/c15-13-6-5-11(12(9-13)10-17)3-1-7-16-8-2-4-14(18)19/h5-6,9-10,16H,1-4,7-8H2,(H,18,19). The minimum atomic E-state index is -0.757. The van der Waals surface area contributed by atoms with E-state index in [4.69, 9.17) is 5.11 Å². The van der Waals surface area contributed by atoms with E-state index in [1.807, 2.05) is 18.2 Å². The first kappa shape index (κ1) is 15.9. The lowest BCUT2D eigenvalue weighted by atomic mass is 10.0. The highest BCUT2D eigenvalue weighted by molar-refractivity contribution is 9.10. The molecule has 1 aromatic carbocycles. The van der Waals surface area contributed by atoms with Crippen LogP contribution in [0.2, 0.25) is 0 Å². The Hall–Kier alpha value is -1.20. The number of aliphatic carboxylic acids is 1. The fourth-order valence-corrected chi connectivity index (χ4v) is 2.18. The summed E-state index contributed by atoms with van der Waals surface area (Å²) in [6.07, 6.45) is 3.49. The lowest BCUT2D eigenvalue weighted by molar-refractivity contribution is -0.137. The van der Waals surface area contributed by atoms with Crippen molar-refractivity contribution < 1.29 is 14.7 Å². The molecule has 0 unspecified atom stereocenters. The van der Waals surface area contributed by atoms with E-state index in [1.165, 1.54) is 0 Å². The number of carboxylic acids is 1. The fourth-order valence-electron chi connectivity index (χ4n) is 1.80. The van der Waals surface area contributed by atoms with Crippen LogP contribution in [0.4, 0.5) is 0 Å². The monoisotopic (exact) mass is 327 g/mol. The number of halogens is 1. The van der Waals surface area contributed by atoms with Crippen LogP contribution in [0.15, 0.2) is 22.7 Å². The molecule has 0 aliphatic carbocycles.